The minimum Gasteiger partial charge on any atom is -0.394 e. The zero-order chi connectivity index (χ0) is 9.52. The maximum Gasteiger partial charge on any atom is 0.0698 e. The third-order valence-electron chi connectivity index (χ3n) is 1.78. The number of nitrogens with two attached hydrogens (primary N) is 1. The van der Waals surface area contributed by atoms with E-state index in [9.17, 15) is 0 Å². The number of ether oxygens (including phenoxy) is 1. The van der Waals surface area contributed by atoms with Gasteiger partial charge in [0.05, 0.1) is 19.8 Å². The van der Waals surface area contributed by atoms with E-state index in [0.717, 1.165) is 12.1 Å². The molecule has 0 atom stereocenters. The van der Waals surface area contributed by atoms with Crippen molar-refractivity contribution in [2.45, 2.75) is 13.1 Å². The molecule has 0 unspecified atom stereocenters. The molecule has 0 aliphatic rings. The summed E-state index contributed by atoms with van der Waals surface area (Å²) in [6.07, 6.45) is 3.98. The lowest BCUT2D eigenvalue weighted by Crippen LogP contribution is -2.07. The molecule has 0 aliphatic heterocycles. The SMILES string of the molecule is NCc1ccn(CCOCCO)c1. The van der Waals surface area contributed by atoms with Crippen molar-refractivity contribution in [3.05, 3.63) is 24.0 Å². The highest BCUT2D eigenvalue weighted by atomic mass is 16.5. The van der Waals surface area contributed by atoms with E-state index in [2.05, 4.69) is 0 Å². The number of hydrogen-bond acceptors (Lipinski definition) is 3. The minimum absolute atomic E-state index is 0.0831. The molecule has 1 aromatic heterocycles. The van der Waals surface area contributed by atoms with Crippen LogP contribution in [0.15, 0.2) is 18.5 Å². The summed E-state index contributed by atoms with van der Waals surface area (Å²) in [5.41, 5.74) is 6.59. The Balaban J connectivity index is 2.20. The molecule has 1 heterocycles. The standard InChI is InChI=1S/C9H16N2O2/c10-7-9-1-2-11(8-9)3-5-13-6-4-12/h1-2,8,12H,3-7,10H2. The molecule has 0 aromatic carbocycles. The Kier molecular flexibility index (Phi) is 4.53. The van der Waals surface area contributed by atoms with Crippen LogP contribution in [0.5, 0.6) is 0 Å². The Morgan fingerprint density at radius 3 is 2.92 bits per heavy atom. The van der Waals surface area contributed by atoms with E-state index in [-0.39, 0.29) is 6.61 Å². The van der Waals surface area contributed by atoms with Crippen LogP contribution in [0, 0.1) is 0 Å². The fraction of sp³-hybridized carbons (Fsp3) is 0.556. The smallest absolute Gasteiger partial charge is 0.0698 e. The molecule has 0 amide bonds. The number of rotatable bonds is 6. The highest BCUT2D eigenvalue weighted by Gasteiger charge is 1.94. The highest BCUT2D eigenvalue weighted by molar-refractivity contribution is 5.09. The van der Waals surface area contributed by atoms with Gasteiger partial charge in [-0.3, -0.25) is 0 Å². The molecule has 0 radical (unpaired) electrons. The van der Waals surface area contributed by atoms with E-state index in [0.29, 0.717) is 19.8 Å². The first-order chi connectivity index (χ1) is 6.36. The molecule has 1 aromatic rings. The summed E-state index contributed by atoms with van der Waals surface area (Å²) < 4.78 is 7.15. The minimum atomic E-state index is 0.0831. The van der Waals surface area contributed by atoms with Gasteiger partial charge >= 0.3 is 0 Å². The second-order valence-electron chi connectivity index (χ2n) is 2.80. The molecule has 0 bridgehead atoms. The second-order valence-corrected chi connectivity index (χ2v) is 2.80. The molecule has 0 spiro atoms. The van der Waals surface area contributed by atoms with Gasteiger partial charge < -0.3 is 20.1 Å². The molecule has 74 valence electrons. The van der Waals surface area contributed by atoms with Gasteiger partial charge in [0.1, 0.15) is 0 Å². The van der Waals surface area contributed by atoms with Gasteiger partial charge in [-0.2, -0.15) is 0 Å². The van der Waals surface area contributed by atoms with Crippen LogP contribution in [0.2, 0.25) is 0 Å². The molecule has 0 aliphatic carbocycles. The van der Waals surface area contributed by atoms with Crippen LogP contribution in [-0.2, 0) is 17.8 Å². The fourth-order valence-electron chi connectivity index (χ4n) is 1.09. The van der Waals surface area contributed by atoms with E-state index >= 15 is 0 Å². The third-order valence-corrected chi connectivity index (χ3v) is 1.78. The van der Waals surface area contributed by atoms with Crippen LogP contribution in [0.25, 0.3) is 0 Å². The summed E-state index contributed by atoms with van der Waals surface area (Å²) in [7, 11) is 0. The average Bonchev–Trinajstić information content (AvgIpc) is 2.60. The predicted octanol–water partition coefficient (Wildman–Crippen LogP) is -0.0443. The fourth-order valence-corrected chi connectivity index (χ4v) is 1.09. The molecular formula is C9H16N2O2. The molecule has 3 N–H and O–H groups in total. The molecule has 13 heavy (non-hydrogen) atoms. The first-order valence-electron chi connectivity index (χ1n) is 4.40. The van der Waals surface area contributed by atoms with Gasteiger partial charge in [0.25, 0.3) is 0 Å². The van der Waals surface area contributed by atoms with Gasteiger partial charge in [-0.25, -0.2) is 0 Å². The van der Waals surface area contributed by atoms with Crippen LogP contribution < -0.4 is 5.73 Å². The summed E-state index contributed by atoms with van der Waals surface area (Å²) in [5.74, 6) is 0. The van der Waals surface area contributed by atoms with Gasteiger partial charge in [0, 0.05) is 25.5 Å². The number of aliphatic hydroxyl groups excluding tert-OH is 1. The topological polar surface area (TPSA) is 60.4 Å². The summed E-state index contributed by atoms with van der Waals surface area (Å²) in [4.78, 5) is 0. The van der Waals surface area contributed by atoms with Crippen LogP contribution in [-0.4, -0.2) is 29.5 Å². The van der Waals surface area contributed by atoms with Gasteiger partial charge in [-0.15, -0.1) is 0 Å². The normalized spacial score (nSPS) is 10.6. The summed E-state index contributed by atoms with van der Waals surface area (Å²) in [6.45, 7) is 2.49. The lowest BCUT2D eigenvalue weighted by Gasteiger charge is -2.03. The molecular weight excluding hydrogens is 168 g/mol. The second kappa shape index (κ2) is 5.75. The van der Waals surface area contributed by atoms with Gasteiger partial charge in [0.15, 0.2) is 0 Å². The first kappa shape index (κ1) is 10.2. The lowest BCUT2D eigenvalue weighted by atomic mass is 10.4. The largest absolute Gasteiger partial charge is 0.394 e. The molecule has 4 nitrogen and oxygen atoms in total. The van der Waals surface area contributed by atoms with Gasteiger partial charge in [0.2, 0.25) is 0 Å². The van der Waals surface area contributed by atoms with Crippen molar-refractivity contribution in [3.63, 3.8) is 0 Å². The van der Waals surface area contributed by atoms with Gasteiger partial charge in [-0.1, -0.05) is 0 Å². The van der Waals surface area contributed by atoms with E-state index in [1.165, 1.54) is 0 Å². The van der Waals surface area contributed by atoms with E-state index < -0.39 is 0 Å². The van der Waals surface area contributed by atoms with Crippen LogP contribution >= 0.6 is 0 Å². The van der Waals surface area contributed by atoms with Crippen LogP contribution in [0.4, 0.5) is 0 Å². The first-order valence-corrected chi connectivity index (χ1v) is 4.40. The molecule has 0 fully saturated rings. The summed E-state index contributed by atoms with van der Waals surface area (Å²) in [5, 5.41) is 8.46. The molecule has 1 rings (SSSR count). The summed E-state index contributed by atoms with van der Waals surface area (Å²) >= 11 is 0. The average molecular weight is 184 g/mol. The Morgan fingerprint density at radius 1 is 1.46 bits per heavy atom. The monoisotopic (exact) mass is 184 g/mol. The van der Waals surface area contributed by atoms with E-state index in [4.69, 9.17) is 15.6 Å². The Morgan fingerprint density at radius 2 is 2.31 bits per heavy atom. The third kappa shape index (κ3) is 3.59. The molecule has 0 saturated heterocycles. The van der Waals surface area contributed by atoms with Crippen molar-refractivity contribution >= 4 is 0 Å². The number of nitrogens with zero attached hydrogens (tertiary/aromatic N) is 1. The van der Waals surface area contributed by atoms with Crippen LogP contribution in [0.1, 0.15) is 5.56 Å². The summed E-state index contributed by atoms with van der Waals surface area (Å²) in [6, 6.07) is 1.99. The Labute approximate surface area is 77.9 Å². The maximum absolute atomic E-state index is 8.46. The number of aliphatic hydroxyl groups is 1. The van der Waals surface area contributed by atoms with Crippen molar-refractivity contribution < 1.29 is 9.84 Å². The van der Waals surface area contributed by atoms with E-state index in [1.54, 1.807) is 0 Å². The van der Waals surface area contributed by atoms with Crippen molar-refractivity contribution in [1.82, 2.24) is 4.57 Å². The zero-order valence-corrected chi connectivity index (χ0v) is 7.65. The van der Waals surface area contributed by atoms with Crippen molar-refractivity contribution in [3.8, 4) is 0 Å². The van der Waals surface area contributed by atoms with Crippen molar-refractivity contribution in [2.24, 2.45) is 5.73 Å². The molecule has 0 saturated carbocycles. The Bertz CT molecular complexity index is 235. The number of hydrogen-bond donors (Lipinski definition) is 2. The Hall–Kier alpha value is -0.840. The number of aromatic nitrogens is 1. The molecule has 4 heteroatoms. The van der Waals surface area contributed by atoms with E-state index in [1.807, 2.05) is 23.0 Å². The maximum atomic E-state index is 8.46. The predicted molar refractivity (Wildman–Crippen MR) is 50.2 cm³/mol. The zero-order valence-electron chi connectivity index (χ0n) is 7.65. The van der Waals surface area contributed by atoms with Crippen LogP contribution in [0.3, 0.4) is 0 Å². The highest BCUT2D eigenvalue weighted by Crippen LogP contribution is 1.99. The van der Waals surface area contributed by atoms with Gasteiger partial charge in [-0.05, 0) is 11.6 Å². The van der Waals surface area contributed by atoms with Crippen molar-refractivity contribution in [1.29, 1.82) is 0 Å². The van der Waals surface area contributed by atoms with Crippen molar-refractivity contribution in [2.75, 3.05) is 19.8 Å². The lowest BCUT2D eigenvalue weighted by molar-refractivity contribution is 0.0870. The quantitative estimate of drug-likeness (QED) is 0.610.